The van der Waals surface area contributed by atoms with E-state index >= 15 is 0 Å². The second-order valence-corrected chi connectivity index (χ2v) is 6.48. The van der Waals surface area contributed by atoms with Crippen molar-refractivity contribution < 1.29 is 19.1 Å². The van der Waals surface area contributed by atoms with Gasteiger partial charge in [0.2, 0.25) is 5.91 Å². The highest BCUT2D eigenvalue weighted by Gasteiger charge is 2.18. The minimum absolute atomic E-state index is 0.269. The standard InChI is InChI=1S/C22H26N2O4/c1-3-13-23-21(26)16(2)24-20(25)15-28-22(27)19-12-8-7-11-18(19)14-17-9-5-4-6-10-17/h4-12,16H,3,13-15H2,1-2H3,(H,23,26)(H,24,25)/t16-/m1/s1. The second-order valence-electron chi connectivity index (χ2n) is 6.48. The molecule has 0 saturated carbocycles. The maximum atomic E-state index is 12.4. The Kier molecular flexibility index (Phi) is 8.21. The smallest absolute Gasteiger partial charge is 0.338 e. The summed E-state index contributed by atoms with van der Waals surface area (Å²) in [4.78, 5) is 36.2. The molecule has 1 atom stereocenters. The zero-order chi connectivity index (χ0) is 20.4. The van der Waals surface area contributed by atoms with Gasteiger partial charge in [0.05, 0.1) is 5.56 Å². The lowest BCUT2D eigenvalue weighted by Gasteiger charge is -2.14. The van der Waals surface area contributed by atoms with Gasteiger partial charge >= 0.3 is 5.97 Å². The van der Waals surface area contributed by atoms with Crippen molar-refractivity contribution >= 4 is 17.8 Å². The first-order valence-electron chi connectivity index (χ1n) is 9.37. The van der Waals surface area contributed by atoms with Crippen LogP contribution in [0.3, 0.4) is 0 Å². The van der Waals surface area contributed by atoms with Crippen LogP contribution < -0.4 is 10.6 Å². The number of amides is 2. The molecule has 0 radical (unpaired) electrons. The molecule has 0 saturated heterocycles. The molecular formula is C22H26N2O4. The predicted octanol–water partition coefficient (Wildman–Crippen LogP) is 2.47. The predicted molar refractivity (Wildman–Crippen MR) is 107 cm³/mol. The molecule has 0 heterocycles. The molecular weight excluding hydrogens is 356 g/mol. The number of hydrogen-bond donors (Lipinski definition) is 2. The Morgan fingerprint density at radius 3 is 2.39 bits per heavy atom. The SMILES string of the molecule is CCCNC(=O)[C@@H](C)NC(=O)COC(=O)c1ccccc1Cc1ccccc1. The van der Waals surface area contributed by atoms with Gasteiger partial charge in [0.15, 0.2) is 6.61 Å². The first kappa shape index (κ1) is 21.2. The van der Waals surface area contributed by atoms with Crippen LogP contribution in [0.1, 0.15) is 41.8 Å². The molecule has 0 bridgehead atoms. The Hall–Kier alpha value is -3.15. The van der Waals surface area contributed by atoms with Crippen LogP contribution in [0.5, 0.6) is 0 Å². The minimum Gasteiger partial charge on any atom is -0.452 e. The van der Waals surface area contributed by atoms with E-state index in [-0.39, 0.29) is 5.91 Å². The lowest BCUT2D eigenvalue weighted by atomic mass is 10.00. The summed E-state index contributed by atoms with van der Waals surface area (Å²) in [7, 11) is 0. The Bertz CT molecular complexity index is 805. The van der Waals surface area contributed by atoms with Crippen LogP contribution in [0.25, 0.3) is 0 Å². The van der Waals surface area contributed by atoms with E-state index in [1.807, 2.05) is 49.4 Å². The zero-order valence-corrected chi connectivity index (χ0v) is 16.2. The molecule has 0 spiro atoms. The van der Waals surface area contributed by atoms with Gasteiger partial charge in [-0.2, -0.15) is 0 Å². The van der Waals surface area contributed by atoms with Gasteiger partial charge in [-0.3, -0.25) is 9.59 Å². The summed E-state index contributed by atoms with van der Waals surface area (Å²) in [6.45, 7) is 3.63. The average Bonchev–Trinajstić information content (AvgIpc) is 2.71. The van der Waals surface area contributed by atoms with Crippen LogP contribution in [0, 0.1) is 0 Å². The van der Waals surface area contributed by atoms with Gasteiger partial charge in [-0.1, -0.05) is 55.5 Å². The number of nitrogens with one attached hydrogen (secondary N) is 2. The topological polar surface area (TPSA) is 84.5 Å². The number of carbonyl (C=O) groups excluding carboxylic acids is 3. The van der Waals surface area contributed by atoms with Gasteiger partial charge in [0, 0.05) is 6.54 Å². The molecule has 6 heteroatoms. The number of ether oxygens (including phenoxy) is 1. The van der Waals surface area contributed by atoms with Crippen molar-refractivity contribution in [3.8, 4) is 0 Å². The van der Waals surface area contributed by atoms with Crippen molar-refractivity contribution in [3.05, 3.63) is 71.3 Å². The van der Waals surface area contributed by atoms with Gasteiger partial charge in [-0.15, -0.1) is 0 Å². The van der Waals surface area contributed by atoms with Crippen molar-refractivity contribution in [2.75, 3.05) is 13.2 Å². The van der Waals surface area contributed by atoms with Crippen molar-refractivity contribution in [2.45, 2.75) is 32.7 Å². The second kappa shape index (κ2) is 10.9. The van der Waals surface area contributed by atoms with Crippen molar-refractivity contribution in [2.24, 2.45) is 0 Å². The summed E-state index contributed by atoms with van der Waals surface area (Å²) in [6, 6.07) is 16.3. The Balaban J connectivity index is 1.91. The third-order valence-corrected chi connectivity index (χ3v) is 4.13. The van der Waals surface area contributed by atoms with Crippen molar-refractivity contribution in [1.29, 1.82) is 0 Å². The van der Waals surface area contributed by atoms with Crippen LogP contribution in [-0.2, 0) is 20.7 Å². The summed E-state index contributed by atoms with van der Waals surface area (Å²) in [5, 5.41) is 5.22. The summed E-state index contributed by atoms with van der Waals surface area (Å²) in [5.41, 5.74) is 2.33. The van der Waals surface area contributed by atoms with E-state index in [1.54, 1.807) is 19.1 Å². The molecule has 2 aromatic rings. The van der Waals surface area contributed by atoms with Gasteiger partial charge < -0.3 is 15.4 Å². The van der Waals surface area contributed by atoms with Gasteiger partial charge in [-0.25, -0.2) is 4.79 Å². The molecule has 6 nitrogen and oxygen atoms in total. The van der Waals surface area contributed by atoms with E-state index < -0.39 is 24.5 Å². The van der Waals surface area contributed by atoms with Crippen molar-refractivity contribution in [1.82, 2.24) is 10.6 Å². The first-order chi connectivity index (χ1) is 13.5. The molecule has 2 N–H and O–H groups in total. The Morgan fingerprint density at radius 1 is 1.00 bits per heavy atom. The van der Waals surface area contributed by atoms with E-state index in [1.165, 1.54) is 0 Å². The zero-order valence-electron chi connectivity index (χ0n) is 16.2. The van der Waals surface area contributed by atoms with E-state index in [9.17, 15) is 14.4 Å². The molecule has 0 unspecified atom stereocenters. The molecule has 0 aliphatic rings. The molecule has 148 valence electrons. The maximum absolute atomic E-state index is 12.4. The maximum Gasteiger partial charge on any atom is 0.338 e. The van der Waals surface area contributed by atoms with Crippen molar-refractivity contribution in [3.63, 3.8) is 0 Å². The minimum atomic E-state index is -0.692. The van der Waals surface area contributed by atoms with Crippen LogP contribution in [0.2, 0.25) is 0 Å². The van der Waals surface area contributed by atoms with Crippen LogP contribution in [-0.4, -0.2) is 37.0 Å². The van der Waals surface area contributed by atoms with Gasteiger partial charge in [0.1, 0.15) is 6.04 Å². The van der Waals surface area contributed by atoms with E-state index in [4.69, 9.17) is 4.74 Å². The van der Waals surface area contributed by atoms with E-state index in [0.29, 0.717) is 18.5 Å². The third kappa shape index (κ3) is 6.54. The summed E-state index contributed by atoms with van der Waals surface area (Å²) >= 11 is 0. The van der Waals surface area contributed by atoms with E-state index in [2.05, 4.69) is 10.6 Å². The number of hydrogen-bond acceptors (Lipinski definition) is 4. The third-order valence-electron chi connectivity index (χ3n) is 4.13. The summed E-state index contributed by atoms with van der Waals surface area (Å²) < 4.78 is 5.15. The Morgan fingerprint density at radius 2 is 1.68 bits per heavy atom. The van der Waals surface area contributed by atoms with Crippen LogP contribution >= 0.6 is 0 Å². The monoisotopic (exact) mass is 382 g/mol. The molecule has 28 heavy (non-hydrogen) atoms. The number of carbonyl (C=O) groups is 3. The molecule has 0 fully saturated rings. The highest BCUT2D eigenvalue weighted by molar-refractivity contribution is 5.93. The Labute approximate surface area is 165 Å². The fraction of sp³-hybridized carbons (Fsp3) is 0.318. The average molecular weight is 382 g/mol. The summed E-state index contributed by atoms with van der Waals surface area (Å²) in [6.07, 6.45) is 1.40. The lowest BCUT2D eigenvalue weighted by molar-refractivity contribution is -0.130. The number of rotatable bonds is 9. The molecule has 0 aromatic heterocycles. The number of esters is 1. The van der Waals surface area contributed by atoms with Crippen LogP contribution in [0.4, 0.5) is 0 Å². The molecule has 0 aliphatic heterocycles. The summed E-state index contributed by atoms with van der Waals surface area (Å²) in [5.74, 6) is -1.35. The van der Waals surface area contributed by atoms with Gasteiger partial charge in [0.25, 0.3) is 5.91 Å². The van der Waals surface area contributed by atoms with E-state index in [0.717, 1.165) is 17.5 Å². The fourth-order valence-electron chi connectivity index (χ4n) is 2.65. The highest BCUT2D eigenvalue weighted by atomic mass is 16.5. The molecule has 2 amide bonds. The van der Waals surface area contributed by atoms with Gasteiger partial charge in [-0.05, 0) is 37.0 Å². The molecule has 0 aliphatic carbocycles. The first-order valence-corrected chi connectivity index (χ1v) is 9.37. The number of benzene rings is 2. The molecule has 2 rings (SSSR count). The van der Waals surface area contributed by atoms with Crippen LogP contribution in [0.15, 0.2) is 54.6 Å². The lowest BCUT2D eigenvalue weighted by Crippen LogP contribution is -2.46. The largest absolute Gasteiger partial charge is 0.452 e. The quantitative estimate of drug-likeness (QED) is 0.653. The normalized spacial score (nSPS) is 11.4. The fourth-order valence-corrected chi connectivity index (χ4v) is 2.65. The molecule has 2 aromatic carbocycles. The highest BCUT2D eigenvalue weighted by Crippen LogP contribution is 2.15.